The van der Waals surface area contributed by atoms with Crippen LogP contribution in [-0.2, 0) is 14.2 Å². The van der Waals surface area contributed by atoms with E-state index in [1.807, 2.05) is 6.92 Å². The molecule has 60 valence electrons. The average Bonchev–Trinajstić information content (AvgIpc) is 1.89. The summed E-state index contributed by atoms with van der Waals surface area (Å²) in [6.07, 6.45) is 0. The van der Waals surface area contributed by atoms with Gasteiger partial charge in [0.15, 0.2) is 0 Å². The molecule has 1 aliphatic rings. The van der Waals surface area contributed by atoms with Crippen molar-refractivity contribution in [3.8, 4) is 0 Å². The van der Waals surface area contributed by atoms with Crippen molar-refractivity contribution in [3.63, 3.8) is 0 Å². The highest BCUT2D eigenvalue weighted by atomic mass is 16.6. The topological polar surface area (TPSA) is 27.7 Å². The second-order valence-corrected chi connectivity index (χ2v) is 2.78. The van der Waals surface area contributed by atoms with Crippen LogP contribution in [0.4, 0.5) is 0 Å². The maximum Gasteiger partial charge on any atom is 0.112 e. The first-order chi connectivity index (χ1) is 4.77. The van der Waals surface area contributed by atoms with Crippen LogP contribution in [0, 0.1) is 0 Å². The van der Waals surface area contributed by atoms with Gasteiger partial charge in [0.25, 0.3) is 0 Å². The Balaban J connectivity index is 2.32. The molecular formula is C7H14O3. The van der Waals surface area contributed by atoms with Crippen LogP contribution in [0.3, 0.4) is 0 Å². The second-order valence-electron chi connectivity index (χ2n) is 2.78. The second kappa shape index (κ2) is 3.32. The zero-order valence-corrected chi connectivity index (χ0v) is 6.55. The molecule has 0 unspecified atom stereocenters. The molecule has 1 atom stereocenters. The van der Waals surface area contributed by atoms with Crippen LogP contribution in [0.1, 0.15) is 6.92 Å². The van der Waals surface area contributed by atoms with Crippen molar-refractivity contribution in [2.45, 2.75) is 12.5 Å². The maximum absolute atomic E-state index is 5.46. The number of ether oxygens (including phenoxy) is 3. The molecule has 0 aromatic rings. The van der Waals surface area contributed by atoms with Crippen LogP contribution in [0.2, 0.25) is 0 Å². The van der Waals surface area contributed by atoms with Crippen LogP contribution >= 0.6 is 0 Å². The van der Waals surface area contributed by atoms with E-state index in [-0.39, 0.29) is 5.60 Å². The fourth-order valence-corrected chi connectivity index (χ4v) is 1.07. The van der Waals surface area contributed by atoms with E-state index in [2.05, 4.69) is 0 Å². The fourth-order valence-electron chi connectivity index (χ4n) is 1.07. The standard InChI is InChI=1S/C7H14O3/c1-7(5-8-2)6-9-3-4-10-7/h3-6H2,1-2H3/t7-/m0/s1. The molecule has 3 heteroatoms. The quantitative estimate of drug-likeness (QED) is 0.565. The van der Waals surface area contributed by atoms with E-state index in [1.54, 1.807) is 7.11 Å². The Labute approximate surface area is 61.3 Å². The van der Waals surface area contributed by atoms with Gasteiger partial charge in [0.05, 0.1) is 26.4 Å². The zero-order valence-electron chi connectivity index (χ0n) is 6.55. The third kappa shape index (κ3) is 1.94. The van der Waals surface area contributed by atoms with Crippen molar-refractivity contribution in [1.29, 1.82) is 0 Å². The van der Waals surface area contributed by atoms with Gasteiger partial charge in [-0.3, -0.25) is 0 Å². The molecule has 1 aliphatic heterocycles. The fraction of sp³-hybridized carbons (Fsp3) is 1.00. The van der Waals surface area contributed by atoms with Gasteiger partial charge in [-0.2, -0.15) is 0 Å². The van der Waals surface area contributed by atoms with E-state index in [9.17, 15) is 0 Å². The monoisotopic (exact) mass is 146 g/mol. The van der Waals surface area contributed by atoms with Crippen molar-refractivity contribution in [3.05, 3.63) is 0 Å². The summed E-state index contributed by atoms with van der Waals surface area (Å²) >= 11 is 0. The number of methoxy groups -OCH3 is 1. The van der Waals surface area contributed by atoms with Gasteiger partial charge in [0.2, 0.25) is 0 Å². The van der Waals surface area contributed by atoms with E-state index in [0.29, 0.717) is 26.4 Å². The molecular weight excluding hydrogens is 132 g/mol. The van der Waals surface area contributed by atoms with Crippen LogP contribution in [0.5, 0.6) is 0 Å². The smallest absolute Gasteiger partial charge is 0.112 e. The first-order valence-electron chi connectivity index (χ1n) is 3.47. The summed E-state index contributed by atoms with van der Waals surface area (Å²) in [5.74, 6) is 0. The minimum absolute atomic E-state index is 0.215. The van der Waals surface area contributed by atoms with E-state index < -0.39 is 0 Å². The summed E-state index contributed by atoms with van der Waals surface area (Å²) < 4.78 is 15.7. The lowest BCUT2D eigenvalue weighted by atomic mass is 10.1. The molecule has 0 saturated carbocycles. The maximum atomic E-state index is 5.46. The van der Waals surface area contributed by atoms with Gasteiger partial charge >= 0.3 is 0 Å². The Hall–Kier alpha value is -0.120. The summed E-state index contributed by atoms with van der Waals surface area (Å²) in [6.45, 7) is 4.63. The summed E-state index contributed by atoms with van der Waals surface area (Å²) in [5, 5.41) is 0. The Bertz CT molecular complexity index is 91.5. The molecule has 0 radical (unpaired) electrons. The molecule has 0 spiro atoms. The minimum Gasteiger partial charge on any atom is -0.382 e. The number of hydrogen-bond donors (Lipinski definition) is 0. The third-order valence-electron chi connectivity index (χ3n) is 1.54. The molecule has 0 aromatic heterocycles. The summed E-state index contributed by atoms with van der Waals surface area (Å²) in [5.41, 5.74) is -0.215. The van der Waals surface area contributed by atoms with Crippen molar-refractivity contribution < 1.29 is 14.2 Å². The normalized spacial score (nSPS) is 34.2. The molecule has 10 heavy (non-hydrogen) atoms. The van der Waals surface area contributed by atoms with Gasteiger partial charge in [0, 0.05) is 7.11 Å². The molecule has 0 aliphatic carbocycles. The predicted molar refractivity (Wildman–Crippen MR) is 37.1 cm³/mol. The molecule has 1 heterocycles. The Morgan fingerprint density at radius 1 is 1.50 bits per heavy atom. The Morgan fingerprint density at radius 2 is 2.30 bits per heavy atom. The average molecular weight is 146 g/mol. The van der Waals surface area contributed by atoms with E-state index in [1.165, 1.54) is 0 Å². The van der Waals surface area contributed by atoms with Crippen LogP contribution in [0.15, 0.2) is 0 Å². The zero-order chi connectivity index (χ0) is 7.45. The highest BCUT2D eigenvalue weighted by molar-refractivity contribution is 4.76. The lowest BCUT2D eigenvalue weighted by molar-refractivity contribution is -0.169. The molecule has 0 N–H and O–H groups in total. The van der Waals surface area contributed by atoms with Gasteiger partial charge in [-0.25, -0.2) is 0 Å². The van der Waals surface area contributed by atoms with Gasteiger partial charge in [-0.15, -0.1) is 0 Å². The predicted octanol–water partition coefficient (Wildman–Crippen LogP) is 0.438. The minimum atomic E-state index is -0.215. The highest BCUT2D eigenvalue weighted by Gasteiger charge is 2.28. The number of hydrogen-bond acceptors (Lipinski definition) is 3. The molecule has 0 aromatic carbocycles. The van der Waals surface area contributed by atoms with E-state index in [0.717, 1.165) is 0 Å². The number of rotatable bonds is 2. The lowest BCUT2D eigenvalue weighted by Crippen LogP contribution is -2.44. The molecule has 1 saturated heterocycles. The van der Waals surface area contributed by atoms with Crippen molar-refractivity contribution in [2.75, 3.05) is 33.5 Å². The Morgan fingerprint density at radius 3 is 2.80 bits per heavy atom. The van der Waals surface area contributed by atoms with Crippen LogP contribution in [-0.4, -0.2) is 39.1 Å². The molecule has 1 rings (SSSR count). The van der Waals surface area contributed by atoms with Gasteiger partial charge in [-0.05, 0) is 6.92 Å². The van der Waals surface area contributed by atoms with E-state index in [4.69, 9.17) is 14.2 Å². The summed E-state index contributed by atoms with van der Waals surface area (Å²) in [4.78, 5) is 0. The summed E-state index contributed by atoms with van der Waals surface area (Å²) in [6, 6.07) is 0. The SMILES string of the molecule is COC[C@@]1(C)COCCO1. The lowest BCUT2D eigenvalue weighted by Gasteiger charge is -2.32. The largest absolute Gasteiger partial charge is 0.382 e. The van der Waals surface area contributed by atoms with Gasteiger partial charge in [-0.1, -0.05) is 0 Å². The Kier molecular flexibility index (Phi) is 2.65. The van der Waals surface area contributed by atoms with Crippen molar-refractivity contribution in [2.24, 2.45) is 0 Å². The molecule has 3 nitrogen and oxygen atoms in total. The van der Waals surface area contributed by atoms with Gasteiger partial charge < -0.3 is 14.2 Å². The molecule has 1 fully saturated rings. The first-order valence-corrected chi connectivity index (χ1v) is 3.47. The van der Waals surface area contributed by atoms with E-state index >= 15 is 0 Å². The highest BCUT2D eigenvalue weighted by Crippen LogP contribution is 2.14. The first kappa shape index (κ1) is 7.98. The van der Waals surface area contributed by atoms with Gasteiger partial charge in [0.1, 0.15) is 5.60 Å². The van der Waals surface area contributed by atoms with Crippen LogP contribution in [0.25, 0.3) is 0 Å². The van der Waals surface area contributed by atoms with Crippen LogP contribution < -0.4 is 0 Å². The third-order valence-corrected chi connectivity index (χ3v) is 1.54. The molecule has 0 bridgehead atoms. The van der Waals surface area contributed by atoms with Crippen molar-refractivity contribution in [1.82, 2.24) is 0 Å². The van der Waals surface area contributed by atoms with Crippen molar-refractivity contribution >= 4 is 0 Å². The molecule has 0 amide bonds. The summed E-state index contributed by atoms with van der Waals surface area (Å²) in [7, 11) is 1.67.